The Morgan fingerprint density at radius 2 is 2.12 bits per heavy atom. The van der Waals surface area contributed by atoms with Crippen LogP contribution in [0.25, 0.3) is 0 Å². The molecule has 4 nitrogen and oxygen atoms in total. The molecule has 0 aliphatic rings. The molecule has 1 aromatic rings. The molecule has 0 fully saturated rings. The SMILES string of the molecule is CC(C)OCC(O)Cn1ccc(C(F)(F)F)n1. The number of halogens is 3. The number of aromatic nitrogens is 2. The molecule has 1 unspecified atom stereocenters. The van der Waals surface area contributed by atoms with Gasteiger partial charge in [-0.15, -0.1) is 0 Å². The predicted molar refractivity (Wildman–Crippen MR) is 54.3 cm³/mol. The van der Waals surface area contributed by atoms with E-state index in [-0.39, 0.29) is 19.3 Å². The van der Waals surface area contributed by atoms with Gasteiger partial charge < -0.3 is 9.84 Å². The monoisotopic (exact) mass is 252 g/mol. The maximum absolute atomic E-state index is 12.2. The average molecular weight is 252 g/mol. The summed E-state index contributed by atoms with van der Waals surface area (Å²) in [6.45, 7) is 3.66. The normalized spacial score (nSPS) is 14.3. The second kappa shape index (κ2) is 5.50. The Hall–Kier alpha value is -1.08. The van der Waals surface area contributed by atoms with Crippen LogP contribution in [0.5, 0.6) is 0 Å². The highest BCUT2D eigenvalue weighted by molar-refractivity contribution is 5.03. The molecule has 0 saturated carbocycles. The van der Waals surface area contributed by atoms with E-state index < -0.39 is 18.0 Å². The molecule has 1 atom stereocenters. The molecule has 1 rings (SSSR count). The number of hydrogen-bond donors (Lipinski definition) is 1. The molecular weight excluding hydrogens is 237 g/mol. The zero-order valence-electron chi connectivity index (χ0n) is 9.61. The lowest BCUT2D eigenvalue weighted by atomic mass is 10.3. The fraction of sp³-hybridized carbons (Fsp3) is 0.700. The van der Waals surface area contributed by atoms with Crippen LogP contribution in [0.2, 0.25) is 0 Å². The second-order valence-corrected chi connectivity index (χ2v) is 3.96. The first-order chi connectivity index (χ1) is 7.79. The van der Waals surface area contributed by atoms with Crippen LogP contribution in [0.15, 0.2) is 12.3 Å². The Kier molecular flexibility index (Phi) is 4.53. The summed E-state index contributed by atoms with van der Waals surface area (Å²) in [7, 11) is 0. The van der Waals surface area contributed by atoms with Crippen molar-refractivity contribution in [1.82, 2.24) is 9.78 Å². The molecule has 0 aromatic carbocycles. The maximum atomic E-state index is 12.2. The smallest absolute Gasteiger partial charge is 0.389 e. The van der Waals surface area contributed by atoms with Gasteiger partial charge in [0, 0.05) is 6.20 Å². The summed E-state index contributed by atoms with van der Waals surface area (Å²) in [6.07, 6.45) is -4.18. The van der Waals surface area contributed by atoms with Gasteiger partial charge in [0.25, 0.3) is 0 Å². The predicted octanol–water partition coefficient (Wildman–Crippen LogP) is 1.69. The lowest BCUT2D eigenvalue weighted by Gasteiger charge is -2.13. The number of aliphatic hydroxyl groups excluding tert-OH is 1. The van der Waals surface area contributed by atoms with Crippen molar-refractivity contribution in [3.63, 3.8) is 0 Å². The zero-order valence-corrected chi connectivity index (χ0v) is 9.61. The van der Waals surface area contributed by atoms with Crippen LogP contribution in [-0.4, -0.2) is 33.7 Å². The van der Waals surface area contributed by atoms with Crippen LogP contribution in [0.3, 0.4) is 0 Å². The summed E-state index contributed by atoms with van der Waals surface area (Å²) in [6, 6.07) is 0.871. The summed E-state index contributed by atoms with van der Waals surface area (Å²) in [5.74, 6) is 0. The second-order valence-electron chi connectivity index (χ2n) is 3.96. The van der Waals surface area contributed by atoms with Crippen molar-refractivity contribution in [2.45, 2.75) is 38.8 Å². The van der Waals surface area contributed by atoms with E-state index >= 15 is 0 Å². The highest BCUT2D eigenvalue weighted by atomic mass is 19.4. The van der Waals surface area contributed by atoms with Gasteiger partial charge >= 0.3 is 6.18 Å². The first-order valence-corrected chi connectivity index (χ1v) is 5.19. The van der Waals surface area contributed by atoms with Gasteiger partial charge in [0.05, 0.1) is 25.4 Å². The summed E-state index contributed by atoms with van der Waals surface area (Å²) in [5, 5.41) is 12.8. The number of rotatable bonds is 5. The minimum absolute atomic E-state index is 0.0250. The molecule has 0 aliphatic heterocycles. The topological polar surface area (TPSA) is 47.3 Å². The van der Waals surface area contributed by atoms with Crippen LogP contribution in [0, 0.1) is 0 Å². The van der Waals surface area contributed by atoms with E-state index in [0.717, 1.165) is 10.7 Å². The summed E-state index contributed by atoms with van der Waals surface area (Å²) >= 11 is 0. The van der Waals surface area contributed by atoms with E-state index in [1.165, 1.54) is 6.20 Å². The summed E-state index contributed by atoms with van der Waals surface area (Å²) < 4.78 is 42.9. The molecule has 0 bridgehead atoms. The van der Waals surface area contributed by atoms with Gasteiger partial charge in [0.2, 0.25) is 0 Å². The first kappa shape index (κ1) is 14.0. The maximum Gasteiger partial charge on any atom is 0.435 e. The van der Waals surface area contributed by atoms with Gasteiger partial charge in [-0.1, -0.05) is 0 Å². The van der Waals surface area contributed by atoms with E-state index in [9.17, 15) is 18.3 Å². The van der Waals surface area contributed by atoms with E-state index in [2.05, 4.69) is 5.10 Å². The van der Waals surface area contributed by atoms with Gasteiger partial charge in [0.15, 0.2) is 5.69 Å². The number of aliphatic hydroxyl groups is 1. The Morgan fingerprint density at radius 1 is 1.47 bits per heavy atom. The number of nitrogens with zero attached hydrogens (tertiary/aromatic N) is 2. The average Bonchev–Trinajstić information content (AvgIpc) is 2.62. The molecule has 0 radical (unpaired) electrons. The van der Waals surface area contributed by atoms with E-state index in [0.29, 0.717) is 0 Å². The lowest BCUT2D eigenvalue weighted by molar-refractivity contribution is -0.141. The molecule has 1 aromatic heterocycles. The quantitative estimate of drug-likeness (QED) is 0.867. The summed E-state index contributed by atoms with van der Waals surface area (Å²) in [5.41, 5.74) is -0.963. The Balaban J connectivity index is 2.49. The fourth-order valence-corrected chi connectivity index (χ4v) is 1.19. The van der Waals surface area contributed by atoms with Crippen molar-refractivity contribution in [3.8, 4) is 0 Å². The van der Waals surface area contributed by atoms with Crippen LogP contribution in [0.4, 0.5) is 13.2 Å². The van der Waals surface area contributed by atoms with E-state index in [1.807, 2.05) is 13.8 Å². The summed E-state index contributed by atoms with van der Waals surface area (Å²) in [4.78, 5) is 0. The largest absolute Gasteiger partial charge is 0.435 e. The van der Waals surface area contributed by atoms with Crippen molar-refractivity contribution in [2.75, 3.05) is 6.61 Å². The van der Waals surface area contributed by atoms with Crippen LogP contribution in [0.1, 0.15) is 19.5 Å². The van der Waals surface area contributed by atoms with Crippen LogP contribution >= 0.6 is 0 Å². The molecule has 7 heteroatoms. The van der Waals surface area contributed by atoms with Gasteiger partial charge in [0.1, 0.15) is 0 Å². The molecule has 0 saturated heterocycles. The Labute approximate surface area is 97.0 Å². The third-order valence-electron chi connectivity index (χ3n) is 1.95. The minimum atomic E-state index is -4.45. The van der Waals surface area contributed by atoms with Gasteiger partial charge in [-0.2, -0.15) is 18.3 Å². The van der Waals surface area contributed by atoms with Crippen molar-refractivity contribution in [3.05, 3.63) is 18.0 Å². The molecule has 0 aliphatic carbocycles. The Bertz CT molecular complexity index is 350. The van der Waals surface area contributed by atoms with Gasteiger partial charge in [-0.05, 0) is 19.9 Å². The van der Waals surface area contributed by atoms with Gasteiger partial charge in [-0.25, -0.2) is 0 Å². The van der Waals surface area contributed by atoms with Crippen molar-refractivity contribution >= 4 is 0 Å². The molecule has 17 heavy (non-hydrogen) atoms. The molecule has 1 heterocycles. The highest BCUT2D eigenvalue weighted by Crippen LogP contribution is 2.27. The molecule has 1 N–H and O–H groups in total. The van der Waals surface area contributed by atoms with Crippen LogP contribution < -0.4 is 0 Å². The number of alkyl halides is 3. The fourth-order valence-electron chi connectivity index (χ4n) is 1.19. The number of hydrogen-bond acceptors (Lipinski definition) is 3. The molecular formula is C10H15F3N2O2. The zero-order chi connectivity index (χ0) is 13.1. The van der Waals surface area contributed by atoms with Crippen LogP contribution in [-0.2, 0) is 17.5 Å². The van der Waals surface area contributed by atoms with Gasteiger partial charge in [-0.3, -0.25) is 4.68 Å². The van der Waals surface area contributed by atoms with Crippen molar-refractivity contribution in [1.29, 1.82) is 0 Å². The standard InChI is InChI=1S/C10H15F3N2O2/c1-7(2)17-6-8(16)5-15-4-3-9(14-15)10(11,12)13/h3-4,7-8,16H,5-6H2,1-2H3. The van der Waals surface area contributed by atoms with Crippen molar-refractivity contribution < 1.29 is 23.0 Å². The highest BCUT2D eigenvalue weighted by Gasteiger charge is 2.33. The minimum Gasteiger partial charge on any atom is -0.389 e. The number of ether oxygens (including phenoxy) is 1. The molecule has 0 amide bonds. The van der Waals surface area contributed by atoms with Crippen molar-refractivity contribution in [2.24, 2.45) is 0 Å². The third-order valence-corrected chi connectivity index (χ3v) is 1.95. The first-order valence-electron chi connectivity index (χ1n) is 5.19. The lowest BCUT2D eigenvalue weighted by Crippen LogP contribution is -2.24. The molecule has 0 spiro atoms. The van der Waals surface area contributed by atoms with E-state index in [4.69, 9.17) is 4.74 Å². The van der Waals surface area contributed by atoms with E-state index in [1.54, 1.807) is 0 Å². The molecule has 98 valence electrons. The Morgan fingerprint density at radius 3 is 2.59 bits per heavy atom. The third kappa shape index (κ3) is 4.74.